The highest BCUT2D eigenvalue weighted by molar-refractivity contribution is 5.36. The van der Waals surface area contributed by atoms with Crippen LogP contribution in [0.4, 0.5) is 0 Å². The first-order valence-corrected chi connectivity index (χ1v) is 5.92. The van der Waals surface area contributed by atoms with E-state index in [1.54, 1.807) is 0 Å². The molecule has 0 aromatic heterocycles. The third-order valence-electron chi connectivity index (χ3n) is 1.40. The first kappa shape index (κ1) is 19.9. The lowest BCUT2D eigenvalue weighted by Crippen LogP contribution is -2.16. The van der Waals surface area contributed by atoms with Crippen LogP contribution in [0.5, 0.6) is 0 Å². The number of hydrogen-bond donors (Lipinski definition) is 1. The monoisotopic (exact) mass is 219 g/mol. The van der Waals surface area contributed by atoms with E-state index in [0.29, 0.717) is 6.47 Å². The first-order valence-electron chi connectivity index (χ1n) is 5.92. The molecule has 1 saturated heterocycles. The lowest BCUT2D eigenvalue weighted by atomic mass is 10.3. The van der Waals surface area contributed by atoms with Crippen molar-refractivity contribution in [2.75, 3.05) is 13.7 Å². The summed E-state index contributed by atoms with van der Waals surface area (Å²) in [5, 5.41) is 3.32. The molecule has 94 valence electrons. The molecule has 1 rings (SSSR count). The van der Waals surface area contributed by atoms with Gasteiger partial charge in [0.2, 0.25) is 0 Å². The molecule has 0 spiro atoms. The summed E-state index contributed by atoms with van der Waals surface area (Å²) in [6.45, 7) is 12.1. The third-order valence-corrected chi connectivity index (χ3v) is 1.40. The second-order valence-electron chi connectivity index (χ2n) is 3.04. The topological polar surface area (TPSA) is 38.3 Å². The summed E-state index contributed by atoms with van der Waals surface area (Å²) in [7, 11) is 1.31. The van der Waals surface area contributed by atoms with Crippen LogP contribution in [0.1, 0.15) is 53.9 Å². The molecule has 3 heteroatoms. The predicted molar refractivity (Wildman–Crippen MR) is 67.1 cm³/mol. The molecule has 3 nitrogen and oxygen atoms in total. The second-order valence-corrected chi connectivity index (χ2v) is 3.04. The average molecular weight is 219 g/mol. The van der Waals surface area contributed by atoms with Gasteiger partial charge in [-0.25, -0.2) is 0 Å². The molecule has 1 aliphatic heterocycles. The Morgan fingerprint density at radius 3 is 1.87 bits per heavy atom. The van der Waals surface area contributed by atoms with Crippen LogP contribution in [0, 0.1) is 0 Å². The lowest BCUT2D eigenvalue weighted by molar-refractivity contribution is -0.126. The fraction of sp³-hybridized carbons (Fsp3) is 0.917. The number of nitrogens with one attached hydrogen (secondary N) is 1. The average Bonchev–Trinajstić information content (AvgIpc) is 2.74. The van der Waals surface area contributed by atoms with Crippen LogP contribution in [0.25, 0.3) is 0 Å². The molecule has 1 unspecified atom stereocenters. The van der Waals surface area contributed by atoms with Gasteiger partial charge < -0.3 is 10.1 Å². The van der Waals surface area contributed by atoms with Crippen molar-refractivity contribution in [2.24, 2.45) is 0 Å². The van der Waals surface area contributed by atoms with Crippen LogP contribution in [-0.2, 0) is 9.53 Å². The quantitative estimate of drug-likeness (QED) is 0.689. The van der Waals surface area contributed by atoms with E-state index in [9.17, 15) is 0 Å². The Labute approximate surface area is 95.6 Å². The molecular weight excluding hydrogens is 190 g/mol. The van der Waals surface area contributed by atoms with Crippen molar-refractivity contribution in [1.29, 1.82) is 0 Å². The minimum Gasteiger partial charge on any atom is -0.471 e. The lowest BCUT2D eigenvalue weighted by Gasteiger charge is -1.95. The molecule has 0 radical (unpaired) electrons. The summed E-state index contributed by atoms with van der Waals surface area (Å²) in [6, 6.07) is 0.796. The molecule has 1 aliphatic rings. The maximum Gasteiger partial charge on any atom is 0.292 e. The molecule has 15 heavy (non-hydrogen) atoms. The van der Waals surface area contributed by atoms with Crippen LogP contribution in [-0.4, -0.2) is 26.2 Å². The van der Waals surface area contributed by atoms with E-state index in [-0.39, 0.29) is 0 Å². The van der Waals surface area contributed by atoms with Gasteiger partial charge in [-0.1, -0.05) is 34.1 Å². The van der Waals surface area contributed by atoms with Gasteiger partial charge in [-0.15, -0.1) is 0 Å². The van der Waals surface area contributed by atoms with Gasteiger partial charge in [-0.2, -0.15) is 0 Å². The Morgan fingerprint density at radius 1 is 1.40 bits per heavy atom. The number of ether oxygens (including phenoxy) is 1. The maximum absolute atomic E-state index is 8.95. The zero-order valence-electron chi connectivity index (χ0n) is 11.3. The molecule has 1 atom stereocenters. The van der Waals surface area contributed by atoms with Crippen molar-refractivity contribution < 1.29 is 9.53 Å². The highest BCUT2D eigenvalue weighted by Gasteiger charge is 2.05. The van der Waals surface area contributed by atoms with E-state index in [1.807, 2.05) is 13.8 Å². The van der Waals surface area contributed by atoms with E-state index in [4.69, 9.17) is 4.79 Å². The Morgan fingerprint density at radius 2 is 1.80 bits per heavy atom. The fourth-order valence-corrected chi connectivity index (χ4v) is 0.859. The van der Waals surface area contributed by atoms with Crippen LogP contribution in [0.15, 0.2) is 0 Å². The third kappa shape index (κ3) is 31.8. The maximum atomic E-state index is 8.95. The smallest absolute Gasteiger partial charge is 0.292 e. The molecular formula is C12H29NO2. The van der Waals surface area contributed by atoms with Crippen molar-refractivity contribution in [3.63, 3.8) is 0 Å². The van der Waals surface area contributed by atoms with Crippen molar-refractivity contribution >= 4 is 6.47 Å². The molecule has 0 aliphatic carbocycles. The normalized spacial score (nSPS) is 16.8. The number of hydrogen-bond acceptors (Lipinski definition) is 3. The molecule has 1 fully saturated rings. The summed E-state index contributed by atoms with van der Waals surface area (Å²) in [4.78, 5) is 8.95. The molecule has 0 amide bonds. The molecule has 1 heterocycles. The Balaban J connectivity index is -0.000000142. The van der Waals surface area contributed by atoms with E-state index >= 15 is 0 Å². The van der Waals surface area contributed by atoms with Crippen LogP contribution >= 0.6 is 0 Å². The number of carbonyl (C=O) groups is 1. The summed E-state index contributed by atoms with van der Waals surface area (Å²) >= 11 is 0. The molecule has 0 aromatic rings. The van der Waals surface area contributed by atoms with Crippen molar-refractivity contribution in [3.05, 3.63) is 0 Å². The molecule has 1 N–H and O–H groups in total. The van der Waals surface area contributed by atoms with Gasteiger partial charge in [0.25, 0.3) is 6.47 Å². The van der Waals surface area contributed by atoms with Gasteiger partial charge in [-0.05, 0) is 26.3 Å². The Kier molecular flexibility index (Phi) is 31.0. The Hall–Kier alpha value is -0.570. The van der Waals surface area contributed by atoms with E-state index in [1.165, 1.54) is 32.9 Å². The summed E-state index contributed by atoms with van der Waals surface area (Å²) in [6.07, 6.45) is 4.00. The Bertz CT molecular complexity index is 91.6. The van der Waals surface area contributed by atoms with Crippen molar-refractivity contribution in [1.82, 2.24) is 5.32 Å². The second kappa shape index (κ2) is 23.3. The first-order chi connectivity index (χ1) is 7.22. The fourth-order valence-electron chi connectivity index (χ4n) is 0.859. The highest BCUT2D eigenvalue weighted by Crippen LogP contribution is 2.01. The van der Waals surface area contributed by atoms with Gasteiger partial charge in [0.05, 0.1) is 7.11 Å². The van der Waals surface area contributed by atoms with Crippen LogP contribution in [0.3, 0.4) is 0 Å². The zero-order valence-corrected chi connectivity index (χ0v) is 11.3. The van der Waals surface area contributed by atoms with Crippen molar-refractivity contribution in [2.45, 2.75) is 59.9 Å². The van der Waals surface area contributed by atoms with Crippen LogP contribution < -0.4 is 5.32 Å². The van der Waals surface area contributed by atoms with Crippen LogP contribution in [0.2, 0.25) is 0 Å². The van der Waals surface area contributed by atoms with E-state index in [0.717, 1.165) is 6.04 Å². The standard InChI is InChI=1S/C5H11N.C3H8.C2H4O2.C2H6/c1-5-3-2-4-6-5;1-3-2;1-4-2-3;1-2/h5-6H,2-4H2,1H3;3H2,1-2H3;2H,1H3;1-2H3. The van der Waals surface area contributed by atoms with Gasteiger partial charge in [0.15, 0.2) is 0 Å². The number of carbonyl (C=O) groups excluding carboxylic acids is 1. The molecule has 0 aromatic carbocycles. The SMILES string of the molecule is CC.CC1CCCN1.CCC.COC=O. The van der Waals surface area contributed by atoms with Gasteiger partial charge >= 0.3 is 0 Å². The summed E-state index contributed by atoms with van der Waals surface area (Å²) in [5.74, 6) is 0. The number of rotatable bonds is 1. The van der Waals surface area contributed by atoms with E-state index < -0.39 is 0 Å². The summed E-state index contributed by atoms with van der Waals surface area (Å²) in [5.41, 5.74) is 0. The van der Waals surface area contributed by atoms with E-state index in [2.05, 4.69) is 30.8 Å². The highest BCUT2D eigenvalue weighted by atomic mass is 16.5. The predicted octanol–water partition coefficient (Wildman–Crippen LogP) is 2.99. The number of methoxy groups -OCH3 is 1. The van der Waals surface area contributed by atoms with Gasteiger partial charge in [0, 0.05) is 6.04 Å². The minimum atomic E-state index is 0.375. The zero-order chi connectivity index (χ0) is 12.5. The largest absolute Gasteiger partial charge is 0.471 e. The molecule has 0 saturated carbocycles. The summed E-state index contributed by atoms with van der Waals surface area (Å²) < 4.78 is 3.86. The molecule has 0 bridgehead atoms. The van der Waals surface area contributed by atoms with Gasteiger partial charge in [-0.3, -0.25) is 4.79 Å². The van der Waals surface area contributed by atoms with Crippen molar-refractivity contribution in [3.8, 4) is 0 Å². The van der Waals surface area contributed by atoms with Gasteiger partial charge in [0.1, 0.15) is 0 Å². The minimum absolute atomic E-state index is 0.375.